The number of rotatable bonds is 5. The minimum absolute atomic E-state index is 0.136. The number of nitrogens with one attached hydrogen (secondary N) is 1. The molecular formula is C8H17NO2. The van der Waals surface area contributed by atoms with Gasteiger partial charge in [0.15, 0.2) is 0 Å². The smallest absolute Gasteiger partial charge is 0.0664 e. The second-order valence-electron chi connectivity index (χ2n) is 3.57. The SMILES string of the molecule is COCC(C)(CO)NC1CC1. The van der Waals surface area contributed by atoms with E-state index in [-0.39, 0.29) is 12.1 Å². The maximum atomic E-state index is 9.05. The summed E-state index contributed by atoms with van der Waals surface area (Å²) in [6.45, 7) is 2.69. The van der Waals surface area contributed by atoms with Crippen molar-refractivity contribution in [2.45, 2.75) is 31.3 Å². The lowest BCUT2D eigenvalue weighted by molar-refractivity contribution is 0.0721. The zero-order valence-corrected chi connectivity index (χ0v) is 7.26. The average Bonchev–Trinajstić information content (AvgIpc) is 2.73. The van der Waals surface area contributed by atoms with Crippen LogP contribution in [-0.4, -0.2) is 37.0 Å². The highest BCUT2D eigenvalue weighted by molar-refractivity contribution is 4.92. The molecule has 0 radical (unpaired) electrons. The van der Waals surface area contributed by atoms with Crippen LogP contribution < -0.4 is 5.32 Å². The van der Waals surface area contributed by atoms with Gasteiger partial charge in [0.1, 0.15) is 0 Å². The Morgan fingerprint density at radius 2 is 2.27 bits per heavy atom. The molecule has 0 bridgehead atoms. The molecule has 0 aromatic rings. The van der Waals surface area contributed by atoms with Crippen LogP contribution in [0.25, 0.3) is 0 Å². The maximum absolute atomic E-state index is 9.05. The number of ether oxygens (including phenoxy) is 1. The van der Waals surface area contributed by atoms with Crippen LogP contribution in [0.2, 0.25) is 0 Å². The first-order valence-corrected chi connectivity index (χ1v) is 4.08. The highest BCUT2D eigenvalue weighted by Gasteiger charge is 2.31. The molecule has 1 unspecified atom stereocenters. The maximum Gasteiger partial charge on any atom is 0.0664 e. The molecule has 11 heavy (non-hydrogen) atoms. The quantitative estimate of drug-likeness (QED) is 0.599. The summed E-state index contributed by atoms with van der Waals surface area (Å²) in [4.78, 5) is 0. The average molecular weight is 159 g/mol. The second-order valence-corrected chi connectivity index (χ2v) is 3.57. The van der Waals surface area contributed by atoms with Gasteiger partial charge in [-0.05, 0) is 19.8 Å². The fourth-order valence-electron chi connectivity index (χ4n) is 1.17. The van der Waals surface area contributed by atoms with Crippen LogP contribution in [-0.2, 0) is 4.74 Å². The van der Waals surface area contributed by atoms with E-state index in [0.717, 1.165) is 0 Å². The van der Waals surface area contributed by atoms with Gasteiger partial charge < -0.3 is 15.2 Å². The first-order chi connectivity index (χ1) is 5.20. The lowest BCUT2D eigenvalue weighted by Crippen LogP contribution is -2.50. The first-order valence-electron chi connectivity index (χ1n) is 4.08. The van der Waals surface area contributed by atoms with Crippen molar-refractivity contribution < 1.29 is 9.84 Å². The van der Waals surface area contributed by atoms with Crippen molar-refractivity contribution in [3.63, 3.8) is 0 Å². The highest BCUT2D eigenvalue weighted by atomic mass is 16.5. The fourth-order valence-corrected chi connectivity index (χ4v) is 1.17. The van der Waals surface area contributed by atoms with Gasteiger partial charge in [0, 0.05) is 13.2 Å². The van der Waals surface area contributed by atoms with E-state index in [1.165, 1.54) is 12.8 Å². The summed E-state index contributed by atoms with van der Waals surface area (Å²) in [5.74, 6) is 0. The highest BCUT2D eigenvalue weighted by Crippen LogP contribution is 2.22. The van der Waals surface area contributed by atoms with Gasteiger partial charge >= 0.3 is 0 Å². The standard InChI is InChI=1S/C8H17NO2/c1-8(5-10,6-11-2)9-7-3-4-7/h7,9-10H,3-6H2,1-2H3. The Balaban J connectivity index is 2.29. The van der Waals surface area contributed by atoms with Gasteiger partial charge in [-0.25, -0.2) is 0 Å². The van der Waals surface area contributed by atoms with Crippen LogP contribution in [0.4, 0.5) is 0 Å². The lowest BCUT2D eigenvalue weighted by Gasteiger charge is -2.27. The number of hydrogen-bond donors (Lipinski definition) is 2. The van der Waals surface area contributed by atoms with Crippen molar-refractivity contribution in [3.05, 3.63) is 0 Å². The molecule has 3 heteroatoms. The van der Waals surface area contributed by atoms with Gasteiger partial charge in [-0.2, -0.15) is 0 Å². The molecule has 0 aromatic heterocycles. The molecule has 0 heterocycles. The molecule has 2 N–H and O–H groups in total. The topological polar surface area (TPSA) is 41.5 Å². The summed E-state index contributed by atoms with van der Waals surface area (Å²) in [5.41, 5.74) is -0.240. The molecule has 0 spiro atoms. The molecule has 0 aliphatic heterocycles. The van der Waals surface area contributed by atoms with E-state index in [2.05, 4.69) is 5.32 Å². The lowest BCUT2D eigenvalue weighted by atomic mass is 10.1. The van der Waals surface area contributed by atoms with E-state index in [0.29, 0.717) is 12.6 Å². The second kappa shape index (κ2) is 3.52. The van der Waals surface area contributed by atoms with Crippen LogP contribution in [0.15, 0.2) is 0 Å². The predicted molar refractivity (Wildman–Crippen MR) is 43.5 cm³/mol. The van der Waals surface area contributed by atoms with Gasteiger partial charge in [-0.15, -0.1) is 0 Å². The number of methoxy groups -OCH3 is 1. The Labute approximate surface area is 67.7 Å². The van der Waals surface area contributed by atoms with Gasteiger partial charge in [0.05, 0.1) is 18.8 Å². The molecule has 1 rings (SSSR count). The molecule has 0 amide bonds. The molecule has 1 atom stereocenters. The summed E-state index contributed by atoms with van der Waals surface area (Å²) < 4.78 is 5.00. The third-order valence-electron chi connectivity index (χ3n) is 1.94. The molecule has 0 saturated heterocycles. The van der Waals surface area contributed by atoms with Crippen molar-refractivity contribution in [1.29, 1.82) is 0 Å². The molecule has 1 saturated carbocycles. The van der Waals surface area contributed by atoms with Crippen LogP contribution in [0, 0.1) is 0 Å². The van der Waals surface area contributed by atoms with Crippen molar-refractivity contribution >= 4 is 0 Å². The minimum Gasteiger partial charge on any atom is -0.394 e. The summed E-state index contributed by atoms with van der Waals surface area (Å²) >= 11 is 0. The Kier molecular flexibility index (Phi) is 2.87. The van der Waals surface area contributed by atoms with E-state index in [1.54, 1.807) is 7.11 Å². The van der Waals surface area contributed by atoms with Gasteiger partial charge in [-0.3, -0.25) is 0 Å². The summed E-state index contributed by atoms with van der Waals surface area (Å²) in [7, 11) is 1.66. The third-order valence-corrected chi connectivity index (χ3v) is 1.94. The molecule has 1 aliphatic rings. The van der Waals surface area contributed by atoms with Crippen molar-refractivity contribution in [1.82, 2.24) is 5.32 Å². The molecular weight excluding hydrogens is 142 g/mol. The summed E-state index contributed by atoms with van der Waals surface area (Å²) in [6, 6.07) is 0.613. The van der Waals surface area contributed by atoms with Crippen molar-refractivity contribution in [2.75, 3.05) is 20.3 Å². The van der Waals surface area contributed by atoms with Crippen molar-refractivity contribution in [2.24, 2.45) is 0 Å². The molecule has 1 fully saturated rings. The van der Waals surface area contributed by atoms with E-state index in [9.17, 15) is 0 Å². The Hall–Kier alpha value is -0.120. The van der Waals surface area contributed by atoms with Gasteiger partial charge in [0.2, 0.25) is 0 Å². The van der Waals surface area contributed by atoms with E-state index in [1.807, 2.05) is 6.92 Å². The van der Waals surface area contributed by atoms with Crippen molar-refractivity contribution in [3.8, 4) is 0 Å². The Bertz CT molecular complexity index is 125. The molecule has 3 nitrogen and oxygen atoms in total. The van der Waals surface area contributed by atoms with Crippen LogP contribution in [0.3, 0.4) is 0 Å². The number of aliphatic hydroxyl groups excluding tert-OH is 1. The monoisotopic (exact) mass is 159 g/mol. The summed E-state index contributed by atoms with van der Waals surface area (Å²) in [5, 5.41) is 12.4. The fraction of sp³-hybridized carbons (Fsp3) is 1.00. The van der Waals surface area contributed by atoms with E-state index in [4.69, 9.17) is 9.84 Å². The summed E-state index contributed by atoms with van der Waals surface area (Å²) in [6.07, 6.45) is 2.47. The van der Waals surface area contributed by atoms with Gasteiger partial charge in [-0.1, -0.05) is 0 Å². The molecule has 66 valence electrons. The number of hydrogen-bond acceptors (Lipinski definition) is 3. The molecule has 1 aliphatic carbocycles. The zero-order valence-electron chi connectivity index (χ0n) is 7.26. The van der Waals surface area contributed by atoms with Crippen LogP contribution >= 0.6 is 0 Å². The predicted octanol–water partition coefficient (Wildman–Crippen LogP) is 0.136. The first kappa shape index (κ1) is 8.97. The van der Waals surface area contributed by atoms with E-state index < -0.39 is 0 Å². The minimum atomic E-state index is -0.240. The zero-order chi connectivity index (χ0) is 8.32. The number of aliphatic hydroxyl groups is 1. The van der Waals surface area contributed by atoms with E-state index >= 15 is 0 Å². The molecule has 0 aromatic carbocycles. The van der Waals surface area contributed by atoms with Crippen LogP contribution in [0.5, 0.6) is 0 Å². The van der Waals surface area contributed by atoms with Gasteiger partial charge in [0.25, 0.3) is 0 Å². The normalized spacial score (nSPS) is 23.2. The third kappa shape index (κ3) is 2.77. The Morgan fingerprint density at radius 3 is 2.64 bits per heavy atom. The Morgan fingerprint density at radius 1 is 1.64 bits per heavy atom. The largest absolute Gasteiger partial charge is 0.394 e. The van der Waals surface area contributed by atoms with Crippen LogP contribution in [0.1, 0.15) is 19.8 Å².